The Labute approximate surface area is 122 Å². The maximum Gasteiger partial charge on any atom is 0.308 e. The molecule has 4 heteroatoms. The Hall–Kier alpha value is -0.900. The first kappa shape index (κ1) is 17.2. The summed E-state index contributed by atoms with van der Waals surface area (Å²) >= 11 is 0. The van der Waals surface area contributed by atoms with Crippen molar-refractivity contribution in [3.05, 3.63) is 0 Å². The summed E-state index contributed by atoms with van der Waals surface area (Å²) in [6.07, 6.45) is 7.56. The van der Waals surface area contributed by atoms with Gasteiger partial charge in [-0.3, -0.25) is 4.79 Å². The van der Waals surface area contributed by atoms with E-state index in [-0.39, 0.29) is 18.0 Å². The maximum absolute atomic E-state index is 11.9. The van der Waals surface area contributed by atoms with Gasteiger partial charge in [0, 0.05) is 6.61 Å². The fraction of sp³-hybridized carbons (Fsp3) is 0.875. The molecule has 4 nitrogen and oxygen atoms in total. The predicted octanol–water partition coefficient (Wildman–Crippen LogP) is 3.13. The Balaban J connectivity index is 2.02. The van der Waals surface area contributed by atoms with Gasteiger partial charge in [0.25, 0.3) is 0 Å². The Morgan fingerprint density at radius 2 is 1.85 bits per heavy atom. The van der Waals surface area contributed by atoms with Gasteiger partial charge in [0.1, 0.15) is 12.4 Å². The summed E-state index contributed by atoms with van der Waals surface area (Å²) in [5, 5.41) is 0. The first-order valence-corrected chi connectivity index (χ1v) is 7.90. The lowest BCUT2D eigenvalue weighted by molar-refractivity contribution is -0.150. The molecular formula is C16H28O4. The standard InChI is InChI=1S/C16H28O4/c1-3-14-6-8-15(9-7-14)16(18)20-11-5-4-10-19-13(2)12-17/h12-15H,3-11H2,1-2H3/t13-,14?,15?/m0/s1. The van der Waals surface area contributed by atoms with Gasteiger partial charge < -0.3 is 14.3 Å². The molecule has 1 saturated carbocycles. The zero-order valence-corrected chi connectivity index (χ0v) is 12.8. The van der Waals surface area contributed by atoms with E-state index in [0.717, 1.165) is 50.7 Å². The average molecular weight is 284 g/mol. The highest BCUT2D eigenvalue weighted by Gasteiger charge is 2.26. The fourth-order valence-corrected chi connectivity index (χ4v) is 2.61. The minimum Gasteiger partial charge on any atom is -0.465 e. The highest BCUT2D eigenvalue weighted by atomic mass is 16.5. The van der Waals surface area contributed by atoms with Gasteiger partial charge in [0.15, 0.2) is 0 Å². The summed E-state index contributed by atoms with van der Waals surface area (Å²) in [7, 11) is 0. The first-order chi connectivity index (χ1) is 9.67. The van der Waals surface area contributed by atoms with Crippen molar-refractivity contribution < 1.29 is 19.1 Å². The first-order valence-electron chi connectivity index (χ1n) is 7.90. The van der Waals surface area contributed by atoms with Crippen LogP contribution in [0.25, 0.3) is 0 Å². The van der Waals surface area contributed by atoms with Crippen LogP contribution in [0.15, 0.2) is 0 Å². The van der Waals surface area contributed by atoms with Crippen molar-refractivity contribution in [2.75, 3.05) is 13.2 Å². The van der Waals surface area contributed by atoms with E-state index >= 15 is 0 Å². The Kier molecular flexibility index (Phi) is 8.51. The summed E-state index contributed by atoms with van der Waals surface area (Å²) in [5.41, 5.74) is 0. The van der Waals surface area contributed by atoms with Gasteiger partial charge >= 0.3 is 5.97 Å². The van der Waals surface area contributed by atoms with E-state index in [0.29, 0.717) is 13.2 Å². The molecule has 1 aliphatic carbocycles. The summed E-state index contributed by atoms with van der Waals surface area (Å²) in [4.78, 5) is 22.2. The largest absolute Gasteiger partial charge is 0.465 e. The molecule has 0 heterocycles. The third-order valence-corrected chi connectivity index (χ3v) is 4.11. The van der Waals surface area contributed by atoms with Gasteiger partial charge in [-0.25, -0.2) is 0 Å². The number of hydrogen-bond acceptors (Lipinski definition) is 4. The molecule has 0 aromatic heterocycles. The minimum atomic E-state index is -0.341. The number of carbonyl (C=O) groups is 2. The molecule has 0 spiro atoms. The van der Waals surface area contributed by atoms with Crippen LogP contribution in [-0.2, 0) is 19.1 Å². The van der Waals surface area contributed by atoms with E-state index in [1.165, 1.54) is 6.42 Å². The van der Waals surface area contributed by atoms with Gasteiger partial charge in [0.05, 0.1) is 12.5 Å². The predicted molar refractivity (Wildman–Crippen MR) is 77.4 cm³/mol. The molecule has 0 aliphatic heterocycles. The molecule has 1 fully saturated rings. The molecule has 0 aromatic rings. The number of hydrogen-bond donors (Lipinski definition) is 0. The van der Waals surface area contributed by atoms with E-state index in [2.05, 4.69) is 6.92 Å². The molecular weight excluding hydrogens is 256 g/mol. The number of aldehydes is 1. The van der Waals surface area contributed by atoms with Gasteiger partial charge in [-0.05, 0) is 51.4 Å². The van der Waals surface area contributed by atoms with E-state index in [1.807, 2.05) is 0 Å². The van der Waals surface area contributed by atoms with Gasteiger partial charge in [0.2, 0.25) is 0 Å². The van der Waals surface area contributed by atoms with Crippen molar-refractivity contribution in [2.45, 2.75) is 64.9 Å². The third kappa shape index (κ3) is 6.51. The van der Waals surface area contributed by atoms with Crippen molar-refractivity contribution in [3.8, 4) is 0 Å². The minimum absolute atomic E-state index is 0.0262. The lowest BCUT2D eigenvalue weighted by atomic mass is 9.81. The van der Waals surface area contributed by atoms with Crippen molar-refractivity contribution in [1.29, 1.82) is 0 Å². The Morgan fingerprint density at radius 3 is 2.45 bits per heavy atom. The van der Waals surface area contributed by atoms with Crippen LogP contribution in [0, 0.1) is 11.8 Å². The molecule has 1 rings (SSSR count). The SMILES string of the molecule is CCC1CCC(C(=O)OCCCCO[C@@H](C)C=O)CC1. The van der Waals surface area contributed by atoms with Gasteiger partial charge in [-0.2, -0.15) is 0 Å². The summed E-state index contributed by atoms with van der Waals surface area (Å²) < 4.78 is 10.5. The van der Waals surface area contributed by atoms with Crippen LogP contribution in [0.1, 0.15) is 58.8 Å². The number of ether oxygens (including phenoxy) is 2. The maximum atomic E-state index is 11.9. The van der Waals surface area contributed by atoms with Gasteiger partial charge in [-0.1, -0.05) is 13.3 Å². The molecule has 20 heavy (non-hydrogen) atoms. The highest BCUT2D eigenvalue weighted by Crippen LogP contribution is 2.31. The van der Waals surface area contributed by atoms with E-state index in [1.54, 1.807) is 6.92 Å². The third-order valence-electron chi connectivity index (χ3n) is 4.11. The molecule has 0 amide bonds. The van der Waals surface area contributed by atoms with E-state index < -0.39 is 0 Å². The smallest absolute Gasteiger partial charge is 0.308 e. The van der Waals surface area contributed by atoms with Crippen molar-refractivity contribution >= 4 is 12.3 Å². The summed E-state index contributed by atoms with van der Waals surface area (Å²) in [6, 6.07) is 0. The average Bonchev–Trinajstić information content (AvgIpc) is 2.50. The number of carbonyl (C=O) groups excluding carboxylic acids is 2. The second-order valence-corrected chi connectivity index (χ2v) is 5.71. The Bertz CT molecular complexity index is 282. The van der Waals surface area contributed by atoms with E-state index in [4.69, 9.17) is 9.47 Å². The summed E-state index contributed by atoms with van der Waals surface area (Å²) in [5.74, 6) is 0.891. The second-order valence-electron chi connectivity index (χ2n) is 5.71. The van der Waals surface area contributed by atoms with Crippen LogP contribution < -0.4 is 0 Å². The van der Waals surface area contributed by atoms with Crippen molar-refractivity contribution in [2.24, 2.45) is 11.8 Å². The van der Waals surface area contributed by atoms with Crippen LogP contribution >= 0.6 is 0 Å². The fourth-order valence-electron chi connectivity index (χ4n) is 2.61. The van der Waals surface area contributed by atoms with Crippen LogP contribution in [-0.4, -0.2) is 31.6 Å². The normalized spacial score (nSPS) is 24.1. The van der Waals surface area contributed by atoms with Crippen molar-refractivity contribution in [1.82, 2.24) is 0 Å². The zero-order chi connectivity index (χ0) is 14.8. The highest BCUT2D eigenvalue weighted by molar-refractivity contribution is 5.72. The molecule has 0 bridgehead atoms. The van der Waals surface area contributed by atoms with Crippen LogP contribution in [0.3, 0.4) is 0 Å². The Morgan fingerprint density at radius 1 is 1.20 bits per heavy atom. The number of rotatable bonds is 9. The molecule has 1 aliphatic rings. The molecule has 0 aromatic carbocycles. The molecule has 0 radical (unpaired) electrons. The number of esters is 1. The second kappa shape index (κ2) is 9.92. The van der Waals surface area contributed by atoms with Crippen molar-refractivity contribution in [3.63, 3.8) is 0 Å². The quantitative estimate of drug-likeness (QED) is 0.371. The van der Waals surface area contributed by atoms with Crippen LogP contribution in [0.4, 0.5) is 0 Å². The molecule has 1 atom stereocenters. The van der Waals surface area contributed by atoms with Crippen LogP contribution in [0.2, 0.25) is 0 Å². The number of unbranched alkanes of at least 4 members (excludes halogenated alkanes) is 1. The van der Waals surface area contributed by atoms with Crippen LogP contribution in [0.5, 0.6) is 0 Å². The zero-order valence-electron chi connectivity index (χ0n) is 12.8. The molecule has 0 saturated heterocycles. The topological polar surface area (TPSA) is 52.6 Å². The molecule has 0 unspecified atom stereocenters. The lowest BCUT2D eigenvalue weighted by Crippen LogP contribution is -2.24. The lowest BCUT2D eigenvalue weighted by Gasteiger charge is -2.26. The van der Waals surface area contributed by atoms with Gasteiger partial charge in [-0.15, -0.1) is 0 Å². The summed E-state index contributed by atoms with van der Waals surface area (Å²) in [6.45, 7) is 4.95. The van der Waals surface area contributed by atoms with E-state index in [9.17, 15) is 9.59 Å². The molecule has 0 N–H and O–H groups in total. The molecule has 116 valence electrons. The monoisotopic (exact) mass is 284 g/mol.